The molecule has 0 saturated carbocycles. The molecule has 9 heteroatoms. The number of carbonyl (C=O) groups is 1. The first kappa shape index (κ1) is 16.6. The maximum absolute atomic E-state index is 11.0. The van der Waals surface area contributed by atoms with E-state index in [1.807, 2.05) is 0 Å². The van der Waals surface area contributed by atoms with E-state index in [-0.39, 0.29) is 11.5 Å². The highest BCUT2D eigenvalue weighted by Gasteiger charge is 2.20. The zero-order valence-electron chi connectivity index (χ0n) is 12.3. The van der Waals surface area contributed by atoms with E-state index in [0.29, 0.717) is 11.1 Å². The molecule has 2 rings (SSSR count). The van der Waals surface area contributed by atoms with Crippen molar-refractivity contribution in [2.75, 3.05) is 0 Å². The number of hydrogen-bond acceptors (Lipinski definition) is 5. The van der Waals surface area contributed by atoms with Crippen LogP contribution >= 0.6 is 0 Å². The van der Waals surface area contributed by atoms with Crippen LogP contribution in [0.15, 0.2) is 52.7 Å². The smallest absolute Gasteiger partial charge is 0.342 e. The minimum Gasteiger partial charge on any atom is -0.477 e. The van der Waals surface area contributed by atoms with E-state index in [1.165, 1.54) is 24.4 Å². The van der Waals surface area contributed by atoms with Crippen molar-refractivity contribution in [2.24, 2.45) is 21.7 Å². The molecule has 24 heavy (non-hydrogen) atoms. The standard InChI is InChI=1S/C15H13N5O4/c16-15(17)19-18-8-9-1-3-10(4-2-9)11-5-6-12(14(21)22)13(7-11)20(23)24/h1-8H,(H,21,22)(H4,16,17,19). The third-order valence-electron chi connectivity index (χ3n) is 3.05. The van der Waals surface area contributed by atoms with Gasteiger partial charge in [-0.3, -0.25) is 10.1 Å². The molecule has 122 valence electrons. The van der Waals surface area contributed by atoms with E-state index in [9.17, 15) is 14.9 Å². The fourth-order valence-electron chi connectivity index (χ4n) is 1.97. The van der Waals surface area contributed by atoms with E-state index in [2.05, 4.69) is 10.2 Å². The Morgan fingerprint density at radius 3 is 2.29 bits per heavy atom. The van der Waals surface area contributed by atoms with Crippen LogP contribution < -0.4 is 11.5 Å². The lowest BCUT2D eigenvalue weighted by molar-refractivity contribution is -0.385. The van der Waals surface area contributed by atoms with Crippen molar-refractivity contribution < 1.29 is 14.8 Å². The number of nitro benzene ring substituents is 1. The summed E-state index contributed by atoms with van der Waals surface area (Å²) in [7, 11) is 0. The van der Waals surface area contributed by atoms with Crippen LogP contribution in [0, 0.1) is 10.1 Å². The quantitative estimate of drug-likeness (QED) is 0.327. The van der Waals surface area contributed by atoms with Gasteiger partial charge in [0.15, 0.2) is 0 Å². The van der Waals surface area contributed by atoms with Gasteiger partial charge in [0.25, 0.3) is 5.69 Å². The van der Waals surface area contributed by atoms with Crippen LogP contribution in [-0.4, -0.2) is 28.2 Å². The van der Waals surface area contributed by atoms with E-state index in [1.54, 1.807) is 24.3 Å². The third-order valence-corrected chi connectivity index (χ3v) is 3.05. The van der Waals surface area contributed by atoms with Crippen molar-refractivity contribution in [2.45, 2.75) is 0 Å². The van der Waals surface area contributed by atoms with Gasteiger partial charge in [0.1, 0.15) is 5.56 Å². The highest BCUT2D eigenvalue weighted by atomic mass is 16.6. The number of nitrogens with zero attached hydrogens (tertiary/aromatic N) is 3. The molecule has 9 nitrogen and oxygen atoms in total. The Bertz CT molecular complexity index is 839. The summed E-state index contributed by atoms with van der Waals surface area (Å²) in [6.07, 6.45) is 1.44. The van der Waals surface area contributed by atoms with Gasteiger partial charge in [-0.25, -0.2) is 4.79 Å². The molecular formula is C15H13N5O4. The Balaban J connectivity index is 2.34. The molecule has 2 aromatic rings. The third kappa shape index (κ3) is 3.91. The number of nitrogens with two attached hydrogens (primary N) is 2. The van der Waals surface area contributed by atoms with Crippen LogP contribution in [0.5, 0.6) is 0 Å². The first-order valence-corrected chi connectivity index (χ1v) is 6.62. The van der Waals surface area contributed by atoms with Crippen molar-refractivity contribution in [1.82, 2.24) is 0 Å². The molecule has 0 saturated heterocycles. The summed E-state index contributed by atoms with van der Waals surface area (Å²) in [4.78, 5) is 21.3. The molecule has 0 radical (unpaired) electrons. The number of guanidine groups is 1. The molecule has 0 aliphatic rings. The van der Waals surface area contributed by atoms with Gasteiger partial charge in [0.05, 0.1) is 11.1 Å². The van der Waals surface area contributed by atoms with E-state index in [4.69, 9.17) is 16.6 Å². The maximum Gasteiger partial charge on any atom is 0.342 e. The average Bonchev–Trinajstić information content (AvgIpc) is 2.54. The lowest BCUT2D eigenvalue weighted by Gasteiger charge is -2.04. The molecule has 0 atom stereocenters. The molecule has 2 aromatic carbocycles. The summed E-state index contributed by atoms with van der Waals surface area (Å²) in [5.41, 5.74) is 11.4. The minimum absolute atomic E-state index is 0.159. The Labute approximate surface area is 136 Å². The molecule has 0 heterocycles. The second kappa shape index (κ2) is 7.01. The van der Waals surface area contributed by atoms with Gasteiger partial charge in [-0.1, -0.05) is 30.3 Å². The van der Waals surface area contributed by atoms with Gasteiger partial charge in [-0.2, -0.15) is 5.10 Å². The number of carboxylic acids is 1. The summed E-state index contributed by atoms with van der Waals surface area (Å²) < 4.78 is 0. The summed E-state index contributed by atoms with van der Waals surface area (Å²) in [6.45, 7) is 0. The van der Waals surface area contributed by atoms with Crippen LogP contribution in [0.2, 0.25) is 0 Å². The summed E-state index contributed by atoms with van der Waals surface area (Å²) in [5, 5.41) is 27.2. The summed E-state index contributed by atoms with van der Waals surface area (Å²) in [6, 6.07) is 10.8. The monoisotopic (exact) mass is 327 g/mol. The van der Waals surface area contributed by atoms with Crippen LogP contribution in [-0.2, 0) is 0 Å². The van der Waals surface area contributed by atoms with Gasteiger partial charge in [0, 0.05) is 6.07 Å². The number of aromatic carboxylic acids is 1. The Morgan fingerprint density at radius 2 is 1.75 bits per heavy atom. The number of benzene rings is 2. The topological polar surface area (TPSA) is 157 Å². The van der Waals surface area contributed by atoms with Crippen LogP contribution in [0.3, 0.4) is 0 Å². The van der Waals surface area contributed by atoms with Gasteiger partial charge < -0.3 is 16.6 Å². The van der Waals surface area contributed by atoms with Crippen molar-refractivity contribution in [3.8, 4) is 11.1 Å². The molecule has 0 aromatic heterocycles. The SMILES string of the molecule is NC(N)=NN=Cc1ccc(-c2ccc(C(=O)O)c([N+](=O)[O-])c2)cc1. The van der Waals surface area contributed by atoms with Gasteiger partial charge >= 0.3 is 5.97 Å². The van der Waals surface area contributed by atoms with Crippen molar-refractivity contribution in [1.29, 1.82) is 0 Å². The van der Waals surface area contributed by atoms with E-state index in [0.717, 1.165) is 5.56 Å². The van der Waals surface area contributed by atoms with Crippen LogP contribution in [0.1, 0.15) is 15.9 Å². The highest BCUT2D eigenvalue weighted by Crippen LogP contribution is 2.27. The molecule has 0 aliphatic carbocycles. The molecular weight excluding hydrogens is 314 g/mol. The van der Waals surface area contributed by atoms with Crippen molar-refractivity contribution in [3.05, 3.63) is 63.7 Å². The van der Waals surface area contributed by atoms with Gasteiger partial charge in [0.2, 0.25) is 5.96 Å². The lowest BCUT2D eigenvalue weighted by atomic mass is 10.0. The summed E-state index contributed by atoms with van der Waals surface area (Å²) >= 11 is 0. The molecule has 0 spiro atoms. The number of hydrogen-bond donors (Lipinski definition) is 3. The van der Waals surface area contributed by atoms with Crippen molar-refractivity contribution >= 4 is 23.8 Å². The second-order valence-corrected chi connectivity index (χ2v) is 4.69. The first-order valence-electron chi connectivity index (χ1n) is 6.62. The van der Waals surface area contributed by atoms with Gasteiger partial charge in [-0.05, 0) is 22.8 Å². The predicted octanol–water partition coefficient (Wildman–Crippen LogP) is 1.57. The molecule has 0 bridgehead atoms. The van der Waals surface area contributed by atoms with E-state index < -0.39 is 16.6 Å². The fourth-order valence-corrected chi connectivity index (χ4v) is 1.97. The lowest BCUT2D eigenvalue weighted by Crippen LogP contribution is -2.21. The van der Waals surface area contributed by atoms with Gasteiger partial charge in [-0.15, -0.1) is 5.10 Å². The largest absolute Gasteiger partial charge is 0.477 e. The van der Waals surface area contributed by atoms with Crippen molar-refractivity contribution in [3.63, 3.8) is 0 Å². The Morgan fingerprint density at radius 1 is 1.12 bits per heavy atom. The van der Waals surface area contributed by atoms with Crippen LogP contribution in [0.25, 0.3) is 11.1 Å². The Kier molecular flexibility index (Phi) is 4.85. The molecule has 0 fully saturated rings. The fraction of sp³-hybridized carbons (Fsp3) is 0. The zero-order chi connectivity index (χ0) is 17.7. The highest BCUT2D eigenvalue weighted by molar-refractivity contribution is 5.93. The first-order chi connectivity index (χ1) is 11.4. The zero-order valence-corrected chi connectivity index (χ0v) is 12.3. The summed E-state index contributed by atoms with van der Waals surface area (Å²) in [5.74, 6) is -1.51. The normalized spacial score (nSPS) is 10.5. The number of rotatable bonds is 5. The van der Waals surface area contributed by atoms with Crippen LogP contribution in [0.4, 0.5) is 5.69 Å². The Hall–Kier alpha value is -3.75. The molecule has 0 amide bonds. The molecule has 0 unspecified atom stereocenters. The maximum atomic E-state index is 11.0. The second-order valence-electron chi connectivity index (χ2n) is 4.69. The number of nitro groups is 1. The number of carboxylic acid groups (broad SMARTS) is 1. The average molecular weight is 327 g/mol. The van der Waals surface area contributed by atoms with E-state index >= 15 is 0 Å². The predicted molar refractivity (Wildman–Crippen MR) is 88.9 cm³/mol. The molecule has 0 aliphatic heterocycles. The molecule has 5 N–H and O–H groups in total. The minimum atomic E-state index is -1.35.